The summed E-state index contributed by atoms with van der Waals surface area (Å²) < 4.78 is 2.18. The van der Waals surface area contributed by atoms with Crippen LogP contribution in [0.3, 0.4) is 0 Å². The van der Waals surface area contributed by atoms with E-state index in [1.165, 1.54) is 11.3 Å². The number of thiophene rings is 1. The third-order valence-electron chi connectivity index (χ3n) is 3.19. The van der Waals surface area contributed by atoms with Crippen LogP contribution in [0.15, 0.2) is 36.4 Å². The van der Waals surface area contributed by atoms with Crippen LogP contribution in [0.2, 0.25) is 4.34 Å². The lowest BCUT2D eigenvalue weighted by molar-refractivity contribution is 0.0894. The molecule has 2 heterocycles. The molecule has 0 atom stereocenters. The predicted molar refractivity (Wildman–Crippen MR) is 83.3 cm³/mol. The van der Waals surface area contributed by atoms with Crippen LogP contribution < -0.4 is 0 Å². The van der Waals surface area contributed by atoms with Crippen molar-refractivity contribution < 1.29 is 9.59 Å². The van der Waals surface area contributed by atoms with E-state index in [2.05, 4.69) is 5.10 Å². The summed E-state index contributed by atoms with van der Waals surface area (Å²) in [6.07, 6.45) is -0.197. The van der Waals surface area contributed by atoms with Crippen molar-refractivity contribution in [1.82, 2.24) is 9.78 Å². The number of fused-ring (bicyclic) bond motifs is 1. The van der Waals surface area contributed by atoms with Crippen LogP contribution in [-0.4, -0.2) is 21.3 Å². The number of nitrogens with zero attached hydrogens (tertiary/aromatic N) is 2. The highest BCUT2D eigenvalue weighted by atomic mass is 35.5. The van der Waals surface area contributed by atoms with E-state index in [-0.39, 0.29) is 18.0 Å². The highest BCUT2D eigenvalue weighted by molar-refractivity contribution is 7.18. The van der Waals surface area contributed by atoms with Crippen LogP contribution in [-0.2, 0) is 7.05 Å². The zero-order valence-electron chi connectivity index (χ0n) is 11.2. The molecule has 0 radical (unpaired) electrons. The first-order valence-corrected chi connectivity index (χ1v) is 7.49. The molecule has 0 saturated carbocycles. The van der Waals surface area contributed by atoms with E-state index in [0.29, 0.717) is 14.9 Å². The maximum atomic E-state index is 12.3. The average Bonchev–Trinajstić information content (AvgIpc) is 3.04. The molecule has 0 bridgehead atoms. The lowest BCUT2D eigenvalue weighted by Crippen LogP contribution is -2.08. The monoisotopic (exact) mass is 318 g/mol. The van der Waals surface area contributed by atoms with Crippen molar-refractivity contribution in [3.63, 3.8) is 0 Å². The smallest absolute Gasteiger partial charge is 0.191 e. The molecule has 3 aromatic rings. The number of ketones is 2. The summed E-state index contributed by atoms with van der Waals surface area (Å²) in [6, 6.07) is 10.7. The van der Waals surface area contributed by atoms with Crippen molar-refractivity contribution >= 4 is 45.4 Å². The molecule has 0 amide bonds. The molecule has 2 aromatic heterocycles. The van der Waals surface area contributed by atoms with Gasteiger partial charge in [-0.15, -0.1) is 11.3 Å². The molecule has 1 aromatic carbocycles. The van der Waals surface area contributed by atoms with Gasteiger partial charge in [-0.1, -0.05) is 29.8 Å². The maximum Gasteiger partial charge on any atom is 0.191 e. The summed E-state index contributed by atoms with van der Waals surface area (Å²) in [7, 11) is 1.78. The Labute approximate surface area is 130 Å². The molecule has 0 spiro atoms. The first kappa shape index (κ1) is 14.0. The van der Waals surface area contributed by atoms with Gasteiger partial charge in [0.25, 0.3) is 0 Å². The van der Waals surface area contributed by atoms with Crippen LogP contribution in [0, 0.1) is 0 Å². The van der Waals surface area contributed by atoms with Crippen LogP contribution >= 0.6 is 22.9 Å². The van der Waals surface area contributed by atoms with Crippen LogP contribution in [0.4, 0.5) is 0 Å². The SMILES string of the molecule is Cn1nc(C(=O)CC(=O)c2ccc(Cl)s2)c2ccccc21. The van der Waals surface area contributed by atoms with Gasteiger partial charge >= 0.3 is 0 Å². The second-order valence-electron chi connectivity index (χ2n) is 4.62. The summed E-state index contributed by atoms with van der Waals surface area (Å²) in [5.74, 6) is -0.507. The zero-order valence-corrected chi connectivity index (χ0v) is 12.7. The maximum absolute atomic E-state index is 12.3. The quantitative estimate of drug-likeness (QED) is 0.544. The van der Waals surface area contributed by atoms with E-state index < -0.39 is 0 Å². The number of Topliss-reactive ketones (excluding diaryl/α,β-unsaturated/α-hetero) is 2. The molecule has 0 N–H and O–H groups in total. The predicted octanol–water partition coefficient (Wildman–Crippen LogP) is 3.74. The number of benzene rings is 1. The molecule has 0 fully saturated rings. The van der Waals surface area contributed by atoms with Gasteiger partial charge in [0.05, 0.1) is 21.2 Å². The Balaban J connectivity index is 1.89. The lowest BCUT2D eigenvalue weighted by atomic mass is 10.1. The minimum Gasteiger partial charge on any atom is -0.293 e. The largest absolute Gasteiger partial charge is 0.293 e. The first-order chi connectivity index (χ1) is 10.1. The van der Waals surface area contributed by atoms with Gasteiger partial charge in [0.1, 0.15) is 5.69 Å². The second kappa shape index (κ2) is 5.42. The van der Waals surface area contributed by atoms with E-state index in [4.69, 9.17) is 11.6 Å². The number of hydrogen-bond donors (Lipinski definition) is 0. The molecule has 4 nitrogen and oxygen atoms in total. The fourth-order valence-corrected chi connectivity index (χ4v) is 3.18. The highest BCUT2D eigenvalue weighted by Crippen LogP contribution is 2.24. The Bertz CT molecular complexity index is 850. The Kier molecular flexibility index (Phi) is 3.61. The number of carbonyl (C=O) groups excluding carboxylic acids is 2. The Hall–Kier alpha value is -1.98. The van der Waals surface area contributed by atoms with Gasteiger partial charge in [-0.05, 0) is 18.2 Å². The number of para-hydroxylation sites is 1. The summed E-state index contributed by atoms with van der Waals surface area (Å²) in [4.78, 5) is 24.9. The molecular weight excluding hydrogens is 308 g/mol. The fourth-order valence-electron chi connectivity index (χ4n) is 2.20. The van der Waals surface area contributed by atoms with Crippen molar-refractivity contribution in [1.29, 1.82) is 0 Å². The molecule has 0 aliphatic carbocycles. The van der Waals surface area contributed by atoms with E-state index >= 15 is 0 Å². The summed E-state index contributed by atoms with van der Waals surface area (Å²) in [5, 5.41) is 5.00. The minimum absolute atomic E-state index is 0.197. The highest BCUT2D eigenvalue weighted by Gasteiger charge is 2.20. The van der Waals surface area contributed by atoms with E-state index in [1.807, 2.05) is 24.3 Å². The van der Waals surface area contributed by atoms with Gasteiger partial charge in [-0.3, -0.25) is 14.3 Å². The van der Waals surface area contributed by atoms with Crippen molar-refractivity contribution in [3.8, 4) is 0 Å². The van der Waals surface area contributed by atoms with Crippen molar-refractivity contribution in [2.24, 2.45) is 7.05 Å². The van der Waals surface area contributed by atoms with Gasteiger partial charge in [-0.25, -0.2) is 0 Å². The molecular formula is C15H11ClN2O2S. The summed E-state index contributed by atoms with van der Waals surface area (Å²) in [5.41, 5.74) is 1.21. The normalized spacial score (nSPS) is 11.0. The Morgan fingerprint density at radius 1 is 1.19 bits per heavy atom. The van der Waals surface area contributed by atoms with Crippen LogP contribution in [0.25, 0.3) is 10.9 Å². The number of carbonyl (C=O) groups is 2. The van der Waals surface area contributed by atoms with Crippen molar-refractivity contribution in [2.75, 3.05) is 0 Å². The van der Waals surface area contributed by atoms with Gasteiger partial charge in [0.15, 0.2) is 11.6 Å². The number of hydrogen-bond acceptors (Lipinski definition) is 4. The number of aryl methyl sites for hydroxylation is 1. The number of aromatic nitrogens is 2. The topological polar surface area (TPSA) is 52.0 Å². The first-order valence-electron chi connectivity index (χ1n) is 6.30. The molecule has 6 heteroatoms. The van der Waals surface area contributed by atoms with Gasteiger partial charge < -0.3 is 0 Å². The third-order valence-corrected chi connectivity index (χ3v) is 4.46. The van der Waals surface area contributed by atoms with E-state index in [1.54, 1.807) is 23.9 Å². The van der Waals surface area contributed by atoms with Gasteiger partial charge in [0, 0.05) is 12.4 Å². The molecule has 0 aliphatic heterocycles. The second-order valence-corrected chi connectivity index (χ2v) is 6.33. The standard InChI is InChI=1S/C15H11ClN2O2S/c1-18-10-5-3-2-4-9(10)15(17-18)12(20)8-11(19)13-6-7-14(16)21-13/h2-7H,8H2,1H3. The summed E-state index contributed by atoms with van der Waals surface area (Å²) >= 11 is 6.99. The minimum atomic E-state index is -0.277. The lowest BCUT2D eigenvalue weighted by Gasteiger charge is -1.96. The number of rotatable bonds is 4. The zero-order chi connectivity index (χ0) is 15.0. The molecule has 106 valence electrons. The molecule has 0 saturated heterocycles. The molecule has 0 aliphatic rings. The van der Waals surface area contributed by atoms with Crippen molar-refractivity contribution in [2.45, 2.75) is 6.42 Å². The average molecular weight is 319 g/mol. The fraction of sp³-hybridized carbons (Fsp3) is 0.133. The van der Waals surface area contributed by atoms with Gasteiger partial charge in [0.2, 0.25) is 0 Å². The van der Waals surface area contributed by atoms with Crippen LogP contribution in [0.1, 0.15) is 26.6 Å². The van der Waals surface area contributed by atoms with Crippen LogP contribution in [0.5, 0.6) is 0 Å². The molecule has 0 unspecified atom stereocenters. The molecule has 3 rings (SSSR count). The van der Waals surface area contributed by atoms with E-state index in [0.717, 1.165) is 10.9 Å². The van der Waals surface area contributed by atoms with Gasteiger partial charge in [-0.2, -0.15) is 5.10 Å². The Morgan fingerprint density at radius 3 is 2.67 bits per heavy atom. The van der Waals surface area contributed by atoms with E-state index in [9.17, 15) is 9.59 Å². The summed E-state index contributed by atoms with van der Waals surface area (Å²) in [6.45, 7) is 0. The van der Waals surface area contributed by atoms with Crippen molar-refractivity contribution in [3.05, 3.63) is 51.3 Å². The number of halogens is 1. The Morgan fingerprint density at radius 2 is 1.95 bits per heavy atom. The third kappa shape index (κ3) is 2.62. The molecule has 21 heavy (non-hydrogen) atoms.